The number of benzene rings is 1. The molecule has 0 unspecified atom stereocenters. The van der Waals surface area contributed by atoms with Crippen LogP contribution in [0.3, 0.4) is 0 Å². The van der Waals surface area contributed by atoms with Gasteiger partial charge in [0.15, 0.2) is 0 Å². The van der Waals surface area contributed by atoms with Crippen molar-refractivity contribution in [2.45, 2.75) is 19.3 Å². The molecule has 1 saturated heterocycles. The molecule has 6 heteroatoms. The quantitative estimate of drug-likeness (QED) is 0.856. The van der Waals surface area contributed by atoms with Crippen LogP contribution in [0.1, 0.15) is 19.3 Å². The van der Waals surface area contributed by atoms with Gasteiger partial charge in [-0.3, -0.25) is 19.3 Å². The maximum Gasteiger partial charge on any atom is 0.229 e. The Labute approximate surface area is 115 Å². The van der Waals surface area contributed by atoms with Gasteiger partial charge in [-0.1, -0.05) is 23.7 Å². The maximum absolute atomic E-state index is 11.7. The smallest absolute Gasteiger partial charge is 0.229 e. The summed E-state index contributed by atoms with van der Waals surface area (Å²) >= 11 is 5.91. The van der Waals surface area contributed by atoms with E-state index in [2.05, 4.69) is 5.32 Å². The second-order valence-corrected chi connectivity index (χ2v) is 4.62. The lowest BCUT2D eigenvalue weighted by Gasteiger charge is -2.13. The van der Waals surface area contributed by atoms with Gasteiger partial charge in [0.1, 0.15) is 0 Å². The van der Waals surface area contributed by atoms with E-state index in [9.17, 15) is 14.4 Å². The minimum atomic E-state index is -0.277. The van der Waals surface area contributed by atoms with E-state index in [0.717, 1.165) is 4.90 Å². The van der Waals surface area contributed by atoms with Crippen molar-refractivity contribution in [2.75, 3.05) is 11.9 Å². The summed E-state index contributed by atoms with van der Waals surface area (Å²) in [5, 5.41) is 3.09. The molecule has 0 aromatic heterocycles. The van der Waals surface area contributed by atoms with Crippen LogP contribution in [0.25, 0.3) is 0 Å². The molecule has 100 valence electrons. The summed E-state index contributed by atoms with van der Waals surface area (Å²) in [5.41, 5.74) is 0.522. The van der Waals surface area contributed by atoms with Crippen molar-refractivity contribution in [2.24, 2.45) is 0 Å². The summed E-state index contributed by atoms with van der Waals surface area (Å²) < 4.78 is 0. The first-order valence-corrected chi connectivity index (χ1v) is 6.33. The number of nitrogens with zero attached hydrogens (tertiary/aromatic N) is 1. The zero-order valence-corrected chi connectivity index (χ0v) is 10.9. The molecular formula is C13H13ClN2O3. The lowest BCUT2D eigenvalue weighted by atomic mass is 10.3. The number of halogens is 1. The van der Waals surface area contributed by atoms with Crippen molar-refractivity contribution in [3.63, 3.8) is 0 Å². The molecular weight excluding hydrogens is 268 g/mol. The second kappa shape index (κ2) is 5.84. The van der Waals surface area contributed by atoms with Gasteiger partial charge in [-0.15, -0.1) is 0 Å². The number of hydrogen-bond acceptors (Lipinski definition) is 3. The molecule has 1 aromatic carbocycles. The molecule has 1 heterocycles. The Kier molecular flexibility index (Phi) is 4.16. The van der Waals surface area contributed by atoms with Crippen molar-refractivity contribution >= 4 is 35.0 Å². The molecule has 2 rings (SSSR count). The third kappa shape index (κ3) is 3.32. The standard InChI is InChI=1S/C13H13ClN2O3/c14-9-3-1-2-4-10(9)15-11(17)7-8-16-12(18)5-6-13(16)19/h1-4H,5-8H2,(H,15,17). The Bertz CT molecular complexity index is 514. The van der Waals surface area contributed by atoms with Gasteiger partial charge in [-0.25, -0.2) is 0 Å². The first-order chi connectivity index (χ1) is 9.08. The number of carbonyl (C=O) groups excluding carboxylic acids is 3. The Morgan fingerprint density at radius 2 is 1.84 bits per heavy atom. The van der Waals surface area contributed by atoms with Crippen LogP contribution in [0.4, 0.5) is 5.69 Å². The molecule has 0 spiro atoms. The summed E-state index contributed by atoms with van der Waals surface area (Å²) in [6.45, 7) is 0.119. The fourth-order valence-electron chi connectivity index (χ4n) is 1.86. The number of carbonyl (C=O) groups is 3. The normalized spacial score (nSPS) is 14.9. The second-order valence-electron chi connectivity index (χ2n) is 4.22. The molecule has 1 N–H and O–H groups in total. The Hall–Kier alpha value is -1.88. The zero-order valence-electron chi connectivity index (χ0n) is 10.2. The van der Waals surface area contributed by atoms with E-state index in [-0.39, 0.29) is 43.5 Å². The van der Waals surface area contributed by atoms with E-state index >= 15 is 0 Å². The summed E-state index contributed by atoms with van der Waals surface area (Å²) in [5.74, 6) is -0.702. The van der Waals surface area contributed by atoms with E-state index < -0.39 is 0 Å². The summed E-state index contributed by atoms with van der Waals surface area (Å²) in [7, 11) is 0. The van der Waals surface area contributed by atoms with Gasteiger partial charge in [0.2, 0.25) is 17.7 Å². The lowest BCUT2D eigenvalue weighted by Crippen LogP contribution is -2.32. The van der Waals surface area contributed by atoms with E-state index in [0.29, 0.717) is 10.7 Å². The van der Waals surface area contributed by atoms with Crippen molar-refractivity contribution in [3.8, 4) is 0 Å². The van der Waals surface area contributed by atoms with Crippen molar-refractivity contribution in [1.82, 2.24) is 4.90 Å². The molecule has 5 nitrogen and oxygen atoms in total. The molecule has 1 aliphatic heterocycles. The van der Waals surface area contributed by atoms with E-state index in [1.165, 1.54) is 0 Å². The van der Waals surface area contributed by atoms with Crippen molar-refractivity contribution in [1.29, 1.82) is 0 Å². The number of likely N-dealkylation sites (tertiary alicyclic amines) is 1. The molecule has 1 aliphatic rings. The van der Waals surface area contributed by atoms with E-state index in [4.69, 9.17) is 11.6 Å². The fourth-order valence-corrected chi connectivity index (χ4v) is 2.04. The number of anilines is 1. The Balaban J connectivity index is 1.87. The summed E-state index contributed by atoms with van der Waals surface area (Å²) in [4.78, 5) is 35.6. The predicted octanol–water partition coefficient (Wildman–Crippen LogP) is 1.82. The molecule has 1 aromatic rings. The zero-order chi connectivity index (χ0) is 13.8. The highest BCUT2D eigenvalue weighted by Crippen LogP contribution is 2.20. The topological polar surface area (TPSA) is 66.5 Å². The highest BCUT2D eigenvalue weighted by Gasteiger charge is 2.28. The third-order valence-electron chi connectivity index (χ3n) is 2.87. The third-order valence-corrected chi connectivity index (χ3v) is 3.19. The summed E-state index contributed by atoms with van der Waals surface area (Å²) in [6.07, 6.45) is 0.554. The van der Waals surface area contributed by atoms with Gasteiger partial charge in [0, 0.05) is 25.8 Å². The van der Waals surface area contributed by atoms with Crippen LogP contribution in [0.2, 0.25) is 5.02 Å². The van der Waals surface area contributed by atoms with Gasteiger partial charge >= 0.3 is 0 Å². The van der Waals surface area contributed by atoms with Gasteiger partial charge in [-0.05, 0) is 12.1 Å². The molecule has 0 aliphatic carbocycles. The SMILES string of the molecule is O=C(CCN1C(=O)CCC1=O)Nc1ccccc1Cl. The van der Waals surface area contributed by atoms with Gasteiger partial charge < -0.3 is 5.32 Å². The van der Waals surface area contributed by atoms with Gasteiger partial charge in [-0.2, -0.15) is 0 Å². The number of rotatable bonds is 4. The first-order valence-electron chi connectivity index (χ1n) is 5.95. The molecule has 19 heavy (non-hydrogen) atoms. The van der Waals surface area contributed by atoms with Crippen LogP contribution in [-0.2, 0) is 14.4 Å². The van der Waals surface area contributed by atoms with Crippen LogP contribution in [0.15, 0.2) is 24.3 Å². The minimum absolute atomic E-state index is 0.0721. The summed E-state index contributed by atoms with van der Waals surface area (Å²) in [6, 6.07) is 6.88. The average Bonchev–Trinajstić information content (AvgIpc) is 2.70. The monoisotopic (exact) mass is 280 g/mol. The fraction of sp³-hybridized carbons (Fsp3) is 0.308. The van der Waals surface area contributed by atoms with Crippen LogP contribution in [-0.4, -0.2) is 29.2 Å². The van der Waals surface area contributed by atoms with Gasteiger partial charge in [0.25, 0.3) is 0 Å². The lowest BCUT2D eigenvalue weighted by molar-refractivity contribution is -0.138. The number of hydrogen-bond donors (Lipinski definition) is 1. The van der Waals surface area contributed by atoms with Crippen LogP contribution >= 0.6 is 11.6 Å². The Morgan fingerprint density at radius 3 is 2.47 bits per heavy atom. The van der Waals surface area contributed by atoms with E-state index in [1.807, 2.05) is 0 Å². The van der Waals surface area contributed by atoms with Gasteiger partial charge in [0.05, 0.1) is 10.7 Å². The number of nitrogens with one attached hydrogen (secondary N) is 1. The highest BCUT2D eigenvalue weighted by atomic mass is 35.5. The predicted molar refractivity (Wildman–Crippen MR) is 70.7 cm³/mol. The molecule has 1 fully saturated rings. The van der Waals surface area contributed by atoms with Crippen molar-refractivity contribution < 1.29 is 14.4 Å². The number of imide groups is 1. The highest BCUT2D eigenvalue weighted by molar-refractivity contribution is 6.33. The average molecular weight is 281 g/mol. The minimum Gasteiger partial charge on any atom is -0.325 e. The number of para-hydroxylation sites is 1. The van der Waals surface area contributed by atoms with Crippen molar-refractivity contribution in [3.05, 3.63) is 29.3 Å². The maximum atomic E-state index is 11.7. The van der Waals surface area contributed by atoms with Crippen LogP contribution in [0.5, 0.6) is 0 Å². The molecule has 0 bridgehead atoms. The Morgan fingerprint density at radius 1 is 1.21 bits per heavy atom. The number of amides is 3. The van der Waals surface area contributed by atoms with E-state index in [1.54, 1.807) is 24.3 Å². The molecule has 0 atom stereocenters. The molecule has 0 radical (unpaired) electrons. The largest absolute Gasteiger partial charge is 0.325 e. The first kappa shape index (κ1) is 13.5. The molecule has 3 amide bonds. The van der Waals surface area contributed by atoms with Crippen LogP contribution < -0.4 is 5.32 Å². The van der Waals surface area contributed by atoms with Crippen LogP contribution in [0, 0.1) is 0 Å². The molecule has 0 saturated carbocycles.